The lowest BCUT2D eigenvalue weighted by Crippen LogP contribution is -2.44. The molecule has 0 saturated heterocycles. The molecule has 0 radical (unpaired) electrons. The van der Waals surface area contributed by atoms with Crippen LogP contribution in [0.25, 0.3) is 0 Å². The van der Waals surface area contributed by atoms with Crippen LogP contribution in [-0.2, 0) is 4.79 Å². The van der Waals surface area contributed by atoms with E-state index in [4.69, 9.17) is 5.11 Å². The Morgan fingerprint density at radius 1 is 1.33 bits per heavy atom. The van der Waals surface area contributed by atoms with E-state index in [-0.39, 0.29) is 23.9 Å². The highest BCUT2D eigenvalue weighted by atomic mass is 16.4. The van der Waals surface area contributed by atoms with E-state index in [1.54, 1.807) is 0 Å². The minimum Gasteiger partial charge on any atom is -0.481 e. The maximum Gasteiger partial charge on any atom is 0.315 e. The van der Waals surface area contributed by atoms with Gasteiger partial charge in [0.1, 0.15) is 0 Å². The molecule has 0 aromatic heterocycles. The van der Waals surface area contributed by atoms with Crippen molar-refractivity contribution in [1.29, 1.82) is 0 Å². The molecule has 1 saturated carbocycles. The molecule has 18 heavy (non-hydrogen) atoms. The summed E-state index contributed by atoms with van der Waals surface area (Å²) in [6, 6.07) is -0.477. The summed E-state index contributed by atoms with van der Waals surface area (Å²) in [5, 5.41) is 14.3. The summed E-state index contributed by atoms with van der Waals surface area (Å²) in [7, 11) is 0. The second kappa shape index (κ2) is 6.07. The molecule has 2 amide bonds. The number of hydrogen-bond acceptors (Lipinski definition) is 2. The van der Waals surface area contributed by atoms with E-state index < -0.39 is 5.97 Å². The zero-order chi connectivity index (χ0) is 13.8. The van der Waals surface area contributed by atoms with Crippen molar-refractivity contribution in [2.24, 2.45) is 11.3 Å². The van der Waals surface area contributed by atoms with Gasteiger partial charge >= 0.3 is 12.0 Å². The Balaban J connectivity index is 2.26. The molecular weight excluding hydrogens is 232 g/mol. The molecule has 1 unspecified atom stereocenters. The van der Waals surface area contributed by atoms with Crippen LogP contribution in [0.15, 0.2) is 0 Å². The first kappa shape index (κ1) is 14.8. The topological polar surface area (TPSA) is 78.4 Å². The predicted octanol–water partition coefficient (Wildman–Crippen LogP) is 1.98. The van der Waals surface area contributed by atoms with E-state index in [9.17, 15) is 9.59 Å². The van der Waals surface area contributed by atoms with Gasteiger partial charge in [-0.05, 0) is 30.6 Å². The van der Waals surface area contributed by atoms with E-state index in [0.29, 0.717) is 12.5 Å². The van der Waals surface area contributed by atoms with Gasteiger partial charge in [-0.1, -0.05) is 20.8 Å². The third-order valence-electron chi connectivity index (χ3n) is 3.06. The van der Waals surface area contributed by atoms with Gasteiger partial charge in [-0.3, -0.25) is 4.79 Å². The van der Waals surface area contributed by atoms with Crippen LogP contribution in [0, 0.1) is 11.3 Å². The SMILES string of the molecule is CC(C)(C)CCNC(=O)NC(CC(=O)O)C1CC1. The van der Waals surface area contributed by atoms with Crippen molar-refractivity contribution in [3.8, 4) is 0 Å². The Morgan fingerprint density at radius 2 is 1.94 bits per heavy atom. The van der Waals surface area contributed by atoms with Crippen LogP contribution in [0.2, 0.25) is 0 Å². The van der Waals surface area contributed by atoms with Gasteiger partial charge in [0.25, 0.3) is 0 Å². The molecule has 0 bridgehead atoms. The fourth-order valence-corrected chi connectivity index (χ4v) is 1.79. The van der Waals surface area contributed by atoms with Crippen LogP contribution in [0.1, 0.15) is 46.5 Å². The second-order valence-corrected chi connectivity index (χ2v) is 6.25. The van der Waals surface area contributed by atoms with Crippen molar-refractivity contribution >= 4 is 12.0 Å². The molecule has 1 atom stereocenters. The predicted molar refractivity (Wildman–Crippen MR) is 69.4 cm³/mol. The van der Waals surface area contributed by atoms with Gasteiger partial charge in [0.15, 0.2) is 0 Å². The van der Waals surface area contributed by atoms with E-state index in [2.05, 4.69) is 31.4 Å². The van der Waals surface area contributed by atoms with Gasteiger partial charge in [-0.25, -0.2) is 4.79 Å². The Bertz CT molecular complexity index is 306. The number of nitrogens with one attached hydrogen (secondary N) is 2. The fourth-order valence-electron chi connectivity index (χ4n) is 1.79. The Hall–Kier alpha value is -1.26. The number of rotatable bonds is 6. The van der Waals surface area contributed by atoms with Crippen LogP contribution in [0.3, 0.4) is 0 Å². The second-order valence-electron chi connectivity index (χ2n) is 6.25. The smallest absolute Gasteiger partial charge is 0.315 e. The van der Waals surface area contributed by atoms with E-state index in [1.165, 1.54) is 0 Å². The van der Waals surface area contributed by atoms with E-state index in [0.717, 1.165) is 19.3 Å². The Kier molecular flexibility index (Phi) is 4.99. The van der Waals surface area contributed by atoms with Crippen molar-refractivity contribution in [2.75, 3.05) is 6.54 Å². The summed E-state index contributed by atoms with van der Waals surface area (Å²) in [6.45, 7) is 6.96. The van der Waals surface area contributed by atoms with Crippen molar-refractivity contribution in [3.63, 3.8) is 0 Å². The number of carboxylic acid groups (broad SMARTS) is 1. The molecule has 1 rings (SSSR count). The normalized spacial score (nSPS) is 17.1. The maximum atomic E-state index is 11.6. The van der Waals surface area contributed by atoms with Crippen LogP contribution in [-0.4, -0.2) is 29.7 Å². The fraction of sp³-hybridized carbons (Fsp3) is 0.846. The number of amides is 2. The van der Waals surface area contributed by atoms with Crippen molar-refractivity contribution in [2.45, 2.75) is 52.5 Å². The molecule has 0 aromatic carbocycles. The lowest BCUT2D eigenvalue weighted by Gasteiger charge is -2.20. The molecule has 0 aromatic rings. The lowest BCUT2D eigenvalue weighted by molar-refractivity contribution is -0.137. The van der Waals surface area contributed by atoms with Crippen LogP contribution in [0.4, 0.5) is 4.79 Å². The Labute approximate surface area is 108 Å². The number of carbonyl (C=O) groups excluding carboxylic acids is 1. The van der Waals surface area contributed by atoms with Gasteiger partial charge in [-0.2, -0.15) is 0 Å². The molecule has 1 aliphatic carbocycles. The zero-order valence-corrected chi connectivity index (χ0v) is 11.5. The molecule has 0 heterocycles. The molecular formula is C13H24N2O3. The summed E-state index contributed by atoms with van der Waals surface area (Å²) in [4.78, 5) is 22.3. The average Bonchev–Trinajstić information content (AvgIpc) is 2.96. The monoisotopic (exact) mass is 256 g/mol. The maximum absolute atomic E-state index is 11.6. The van der Waals surface area contributed by atoms with E-state index in [1.807, 2.05) is 0 Å². The number of urea groups is 1. The summed E-state index contributed by atoms with van der Waals surface area (Å²) < 4.78 is 0. The zero-order valence-electron chi connectivity index (χ0n) is 11.5. The van der Waals surface area contributed by atoms with Crippen molar-refractivity contribution in [3.05, 3.63) is 0 Å². The lowest BCUT2D eigenvalue weighted by atomic mass is 9.92. The third-order valence-corrected chi connectivity index (χ3v) is 3.06. The quantitative estimate of drug-likeness (QED) is 0.680. The standard InChI is InChI=1S/C13H24N2O3/c1-13(2,3)6-7-14-12(18)15-10(8-11(16)17)9-4-5-9/h9-10H,4-8H2,1-3H3,(H,16,17)(H2,14,15,18). The molecule has 5 nitrogen and oxygen atoms in total. The highest BCUT2D eigenvalue weighted by Gasteiger charge is 2.33. The Morgan fingerprint density at radius 3 is 2.39 bits per heavy atom. The molecule has 3 N–H and O–H groups in total. The van der Waals surface area contributed by atoms with Gasteiger partial charge < -0.3 is 15.7 Å². The summed E-state index contributed by atoms with van der Waals surface area (Å²) >= 11 is 0. The summed E-state index contributed by atoms with van der Waals surface area (Å²) in [6.07, 6.45) is 2.94. The number of carbonyl (C=O) groups is 2. The first-order chi connectivity index (χ1) is 8.28. The average molecular weight is 256 g/mol. The third kappa shape index (κ3) is 6.47. The van der Waals surface area contributed by atoms with Crippen molar-refractivity contribution in [1.82, 2.24) is 10.6 Å². The highest BCUT2D eigenvalue weighted by molar-refractivity contribution is 5.75. The minimum absolute atomic E-state index is 0.0113. The molecule has 0 aliphatic heterocycles. The minimum atomic E-state index is -0.859. The highest BCUT2D eigenvalue weighted by Crippen LogP contribution is 2.33. The number of hydrogen-bond donors (Lipinski definition) is 3. The largest absolute Gasteiger partial charge is 0.481 e. The van der Waals surface area contributed by atoms with Crippen LogP contribution >= 0.6 is 0 Å². The molecule has 1 fully saturated rings. The van der Waals surface area contributed by atoms with Gasteiger partial charge in [0.2, 0.25) is 0 Å². The molecule has 104 valence electrons. The van der Waals surface area contributed by atoms with Crippen molar-refractivity contribution < 1.29 is 14.7 Å². The summed E-state index contributed by atoms with van der Waals surface area (Å²) in [5.41, 5.74) is 0.185. The van der Waals surface area contributed by atoms with E-state index >= 15 is 0 Å². The molecule has 0 spiro atoms. The first-order valence-electron chi connectivity index (χ1n) is 6.54. The van der Waals surface area contributed by atoms with Gasteiger partial charge in [-0.15, -0.1) is 0 Å². The van der Waals surface area contributed by atoms with Crippen LogP contribution < -0.4 is 10.6 Å². The van der Waals surface area contributed by atoms with Gasteiger partial charge in [0.05, 0.1) is 6.42 Å². The first-order valence-corrected chi connectivity index (χ1v) is 6.54. The summed E-state index contributed by atoms with van der Waals surface area (Å²) in [5.74, 6) is -0.517. The number of aliphatic carboxylic acids is 1. The molecule has 1 aliphatic rings. The van der Waals surface area contributed by atoms with Gasteiger partial charge in [0, 0.05) is 12.6 Å². The number of carboxylic acids is 1. The molecule has 5 heteroatoms. The van der Waals surface area contributed by atoms with Crippen LogP contribution in [0.5, 0.6) is 0 Å².